The Hall–Kier alpha value is -2.49. The maximum Gasteiger partial charge on any atom is 0.269 e. The van der Waals surface area contributed by atoms with Crippen LogP contribution in [0.3, 0.4) is 0 Å². The molecule has 2 aromatic carbocycles. The Bertz CT molecular complexity index is 934. The van der Waals surface area contributed by atoms with Gasteiger partial charge in [0.2, 0.25) is 15.9 Å². The second-order valence-corrected chi connectivity index (χ2v) is 8.37. The van der Waals surface area contributed by atoms with E-state index in [-0.39, 0.29) is 24.3 Å². The van der Waals surface area contributed by atoms with Gasteiger partial charge in [0.1, 0.15) is 5.82 Å². The van der Waals surface area contributed by atoms with Gasteiger partial charge >= 0.3 is 0 Å². The Morgan fingerprint density at radius 3 is 2.25 bits per heavy atom. The molecule has 2 rings (SSSR count). The number of nitrogens with one attached hydrogen (secondary N) is 2. The van der Waals surface area contributed by atoms with Crippen molar-refractivity contribution in [3.63, 3.8) is 0 Å². The van der Waals surface area contributed by atoms with E-state index < -0.39 is 27.7 Å². The summed E-state index contributed by atoms with van der Waals surface area (Å²) < 4.78 is 38.7. The Morgan fingerprint density at radius 1 is 1.04 bits per heavy atom. The van der Waals surface area contributed by atoms with Crippen LogP contribution >= 0.6 is 11.6 Å². The maximum atomic E-state index is 12.9. The summed E-state index contributed by atoms with van der Waals surface area (Å²) >= 11 is 5.74. The Kier molecular flexibility index (Phi) is 7.50. The molecule has 28 heavy (non-hydrogen) atoms. The number of amides is 2. The second-order valence-electron chi connectivity index (χ2n) is 5.89. The smallest absolute Gasteiger partial charge is 0.269 e. The standard InChI is InChI=1S/C18H19ClFN3O4S/c1-23(28(26,27)16-10-8-15(20)9-11-16)12-2-3-17(24)21-22-18(25)13-4-6-14(19)7-5-13/h4-11H,2-3,12H2,1H3,(H,21,24)(H,22,25). The third kappa shape index (κ3) is 6.01. The van der Waals surface area contributed by atoms with Gasteiger partial charge in [-0.2, -0.15) is 0 Å². The molecule has 0 saturated carbocycles. The number of sulfonamides is 1. The molecular weight excluding hydrogens is 409 g/mol. The molecule has 0 fully saturated rings. The lowest BCUT2D eigenvalue weighted by atomic mass is 10.2. The molecule has 0 aliphatic rings. The van der Waals surface area contributed by atoms with E-state index in [1.54, 1.807) is 12.1 Å². The zero-order valence-corrected chi connectivity index (χ0v) is 16.6. The van der Waals surface area contributed by atoms with E-state index in [1.165, 1.54) is 31.3 Å². The molecule has 0 unspecified atom stereocenters. The fourth-order valence-electron chi connectivity index (χ4n) is 2.23. The first-order chi connectivity index (χ1) is 13.2. The predicted molar refractivity (Wildman–Crippen MR) is 103 cm³/mol. The number of benzene rings is 2. The third-order valence-corrected chi connectivity index (χ3v) is 5.94. The van der Waals surface area contributed by atoms with Gasteiger partial charge in [-0.1, -0.05) is 11.6 Å². The van der Waals surface area contributed by atoms with Crippen LogP contribution in [0.2, 0.25) is 5.02 Å². The van der Waals surface area contributed by atoms with Gasteiger partial charge in [-0.15, -0.1) is 0 Å². The highest BCUT2D eigenvalue weighted by Gasteiger charge is 2.20. The van der Waals surface area contributed by atoms with E-state index in [0.29, 0.717) is 10.6 Å². The molecule has 0 aliphatic heterocycles. The highest BCUT2D eigenvalue weighted by Crippen LogP contribution is 2.15. The van der Waals surface area contributed by atoms with Crippen LogP contribution in [0.1, 0.15) is 23.2 Å². The monoisotopic (exact) mass is 427 g/mol. The summed E-state index contributed by atoms with van der Waals surface area (Å²) in [7, 11) is -2.39. The molecule has 0 atom stereocenters. The average molecular weight is 428 g/mol. The molecule has 10 heteroatoms. The Labute approximate surface area is 167 Å². The summed E-state index contributed by atoms with van der Waals surface area (Å²) in [5.74, 6) is -1.49. The Morgan fingerprint density at radius 2 is 1.64 bits per heavy atom. The van der Waals surface area contributed by atoms with Crippen LogP contribution in [-0.2, 0) is 14.8 Å². The predicted octanol–water partition coefficient (Wildman–Crippen LogP) is 2.34. The molecule has 0 bridgehead atoms. The zero-order valence-electron chi connectivity index (χ0n) is 15.0. The Balaban J connectivity index is 1.77. The van der Waals surface area contributed by atoms with Crippen molar-refractivity contribution in [1.29, 1.82) is 0 Å². The lowest BCUT2D eigenvalue weighted by Gasteiger charge is -2.17. The van der Waals surface area contributed by atoms with Crippen LogP contribution in [0.25, 0.3) is 0 Å². The van der Waals surface area contributed by atoms with E-state index in [1.807, 2.05) is 0 Å². The minimum absolute atomic E-state index is 0.00414. The maximum absolute atomic E-state index is 12.9. The molecule has 7 nitrogen and oxygen atoms in total. The molecule has 0 saturated heterocycles. The molecule has 0 heterocycles. The topological polar surface area (TPSA) is 95.6 Å². The van der Waals surface area contributed by atoms with Crippen LogP contribution in [0.15, 0.2) is 53.4 Å². The van der Waals surface area contributed by atoms with Crippen molar-refractivity contribution in [3.05, 3.63) is 64.9 Å². The van der Waals surface area contributed by atoms with Crippen molar-refractivity contribution in [2.24, 2.45) is 0 Å². The van der Waals surface area contributed by atoms with Crippen LogP contribution in [0.4, 0.5) is 4.39 Å². The van der Waals surface area contributed by atoms with Gasteiger partial charge in [0, 0.05) is 30.6 Å². The summed E-state index contributed by atoms with van der Waals surface area (Å²) in [6.45, 7) is 0.0816. The zero-order chi connectivity index (χ0) is 20.7. The number of hydrogen-bond acceptors (Lipinski definition) is 4. The molecular formula is C18H19ClFN3O4S. The van der Waals surface area contributed by atoms with Gasteiger partial charge in [0.25, 0.3) is 5.91 Å². The van der Waals surface area contributed by atoms with Crippen molar-refractivity contribution in [3.8, 4) is 0 Å². The fraction of sp³-hybridized carbons (Fsp3) is 0.222. The quantitative estimate of drug-likeness (QED) is 0.663. The minimum atomic E-state index is -3.76. The van der Waals surface area contributed by atoms with Gasteiger partial charge in [0.15, 0.2) is 0 Å². The van der Waals surface area contributed by atoms with E-state index in [0.717, 1.165) is 16.4 Å². The van der Waals surface area contributed by atoms with Crippen LogP contribution in [0.5, 0.6) is 0 Å². The average Bonchev–Trinajstić information content (AvgIpc) is 2.67. The van der Waals surface area contributed by atoms with E-state index >= 15 is 0 Å². The summed E-state index contributed by atoms with van der Waals surface area (Å²) in [6.07, 6.45) is 0.240. The van der Waals surface area contributed by atoms with E-state index in [4.69, 9.17) is 11.6 Å². The molecule has 2 amide bonds. The largest absolute Gasteiger partial charge is 0.273 e. The number of hydrazine groups is 1. The second kappa shape index (κ2) is 9.63. The number of halogens is 2. The first kappa shape index (κ1) is 21.8. The highest BCUT2D eigenvalue weighted by atomic mass is 35.5. The molecule has 0 radical (unpaired) electrons. The lowest BCUT2D eigenvalue weighted by molar-refractivity contribution is -0.122. The number of hydrogen-bond donors (Lipinski definition) is 2. The minimum Gasteiger partial charge on any atom is -0.273 e. The van der Waals surface area contributed by atoms with Crippen LogP contribution < -0.4 is 10.9 Å². The molecule has 2 N–H and O–H groups in total. The van der Waals surface area contributed by atoms with Gasteiger partial charge < -0.3 is 0 Å². The molecule has 0 aliphatic carbocycles. The van der Waals surface area contributed by atoms with Gasteiger partial charge in [-0.3, -0.25) is 20.4 Å². The van der Waals surface area contributed by atoms with Crippen molar-refractivity contribution < 1.29 is 22.4 Å². The normalized spacial score (nSPS) is 11.3. The van der Waals surface area contributed by atoms with E-state index in [2.05, 4.69) is 10.9 Å². The highest BCUT2D eigenvalue weighted by molar-refractivity contribution is 7.89. The fourth-order valence-corrected chi connectivity index (χ4v) is 3.57. The van der Waals surface area contributed by atoms with Crippen LogP contribution in [-0.4, -0.2) is 38.1 Å². The lowest BCUT2D eigenvalue weighted by Crippen LogP contribution is -2.41. The SMILES string of the molecule is CN(CCCC(=O)NNC(=O)c1ccc(Cl)cc1)S(=O)(=O)c1ccc(F)cc1. The number of nitrogens with zero attached hydrogens (tertiary/aromatic N) is 1. The van der Waals surface area contributed by atoms with Crippen molar-refractivity contribution in [2.75, 3.05) is 13.6 Å². The number of carbonyl (C=O) groups is 2. The van der Waals surface area contributed by atoms with E-state index in [9.17, 15) is 22.4 Å². The van der Waals surface area contributed by atoms with Crippen molar-refractivity contribution in [2.45, 2.75) is 17.7 Å². The van der Waals surface area contributed by atoms with Crippen molar-refractivity contribution in [1.82, 2.24) is 15.2 Å². The summed E-state index contributed by atoms with van der Waals surface area (Å²) in [5, 5.41) is 0.486. The molecule has 150 valence electrons. The molecule has 0 spiro atoms. The first-order valence-electron chi connectivity index (χ1n) is 8.27. The van der Waals surface area contributed by atoms with Crippen LogP contribution in [0, 0.1) is 5.82 Å². The van der Waals surface area contributed by atoms with Gasteiger partial charge in [0.05, 0.1) is 4.90 Å². The van der Waals surface area contributed by atoms with Crippen molar-refractivity contribution >= 4 is 33.4 Å². The molecule has 0 aromatic heterocycles. The van der Waals surface area contributed by atoms with Gasteiger partial charge in [-0.05, 0) is 55.0 Å². The molecule has 2 aromatic rings. The third-order valence-electron chi connectivity index (χ3n) is 3.82. The summed E-state index contributed by atoms with van der Waals surface area (Å²) in [4.78, 5) is 23.7. The summed E-state index contributed by atoms with van der Waals surface area (Å²) in [5.41, 5.74) is 4.86. The number of rotatable bonds is 7. The summed E-state index contributed by atoms with van der Waals surface area (Å²) in [6, 6.07) is 10.6. The first-order valence-corrected chi connectivity index (χ1v) is 10.1. The number of carbonyl (C=O) groups excluding carboxylic acids is 2. The van der Waals surface area contributed by atoms with Gasteiger partial charge in [-0.25, -0.2) is 17.1 Å².